The Hall–Kier alpha value is -0.570. The molecule has 2 N–H and O–H groups in total. The Morgan fingerprint density at radius 3 is 2.73 bits per heavy atom. The maximum Gasteiger partial charge on any atom is 0.223 e. The van der Waals surface area contributed by atoms with Gasteiger partial charge in [0, 0.05) is 18.5 Å². The van der Waals surface area contributed by atoms with Crippen molar-refractivity contribution in [2.75, 3.05) is 13.1 Å². The van der Waals surface area contributed by atoms with Crippen LogP contribution >= 0.6 is 0 Å². The molecule has 1 aliphatic rings. The van der Waals surface area contributed by atoms with Crippen molar-refractivity contribution < 1.29 is 4.79 Å². The molecular weight excluding hydrogens is 188 g/mol. The number of carbonyl (C=O) groups is 1. The fraction of sp³-hybridized carbons (Fsp3) is 0.917. The van der Waals surface area contributed by atoms with E-state index in [2.05, 4.69) is 24.5 Å². The van der Waals surface area contributed by atoms with Crippen LogP contribution in [0.1, 0.15) is 46.0 Å². The molecule has 1 aliphatic heterocycles. The third kappa shape index (κ3) is 4.20. The number of hydrogen-bond donors (Lipinski definition) is 2. The van der Waals surface area contributed by atoms with Crippen LogP contribution < -0.4 is 10.6 Å². The van der Waals surface area contributed by atoms with Crippen molar-refractivity contribution in [3.05, 3.63) is 0 Å². The van der Waals surface area contributed by atoms with E-state index in [1.165, 1.54) is 12.8 Å². The second kappa shape index (κ2) is 6.83. The van der Waals surface area contributed by atoms with Gasteiger partial charge >= 0.3 is 0 Å². The van der Waals surface area contributed by atoms with Crippen LogP contribution in [0.4, 0.5) is 0 Å². The highest BCUT2D eigenvalue weighted by atomic mass is 16.1. The highest BCUT2D eigenvalue weighted by Gasteiger charge is 2.16. The van der Waals surface area contributed by atoms with Gasteiger partial charge in [0.05, 0.1) is 0 Å². The minimum atomic E-state index is 0.210. The van der Waals surface area contributed by atoms with Crippen molar-refractivity contribution in [1.82, 2.24) is 10.6 Å². The van der Waals surface area contributed by atoms with E-state index in [1.54, 1.807) is 0 Å². The molecule has 15 heavy (non-hydrogen) atoms. The van der Waals surface area contributed by atoms with E-state index in [-0.39, 0.29) is 11.8 Å². The minimum Gasteiger partial charge on any atom is -0.356 e. The van der Waals surface area contributed by atoms with E-state index in [9.17, 15) is 4.79 Å². The molecule has 0 spiro atoms. The third-order valence-corrected chi connectivity index (χ3v) is 3.31. The summed E-state index contributed by atoms with van der Waals surface area (Å²) in [6.45, 7) is 6.12. The molecule has 1 fully saturated rings. The molecule has 88 valence electrons. The van der Waals surface area contributed by atoms with Gasteiger partial charge in [0.1, 0.15) is 0 Å². The normalized spacial score (nSPS) is 20.9. The van der Waals surface area contributed by atoms with Crippen LogP contribution in [-0.4, -0.2) is 25.0 Å². The van der Waals surface area contributed by atoms with Crippen molar-refractivity contribution in [3.8, 4) is 0 Å². The van der Waals surface area contributed by atoms with Crippen molar-refractivity contribution in [3.63, 3.8) is 0 Å². The van der Waals surface area contributed by atoms with E-state index in [4.69, 9.17) is 0 Å². The summed E-state index contributed by atoms with van der Waals surface area (Å²) in [5.41, 5.74) is 0. The zero-order chi connectivity index (χ0) is 11.1. The molecule has 0 aliphatic carbocycles. The smallest absolute Gasteiger partial charge is 0.223 e. The Balaban J connectivity index is 2.10. The zero-order valence-electron chi connectivity index (χ0n) is 10.0. The van der Waals surface area contributed by atoms with Crippen LogP contribution in [0.3, 0.4) is 0 Å². The lowest BCUT2D eigenvalue weighted by molar-refractivity contribution is -0.125. The van der Waals surface area contributed by atoms with Gasteiger partial charge in [-0.05, 0) is 38.6 Å². The quantitative estimate of drug-likeness (QED) is 0.703. The van der Waals surface area contributed by atoms with Crippen molar-refractivity contribution in [2.24, 2.45) is 5.92 Å². The largest absolute Gasteiger partial charge is 0.356 e. The zero-order valence-corrected chi connectivity index (χ0v) is 10.0. The summed E-state index contributed by atoms with van der Waals surface area (Å²) < 4.78 is 0. The lowest BCUT2D eigenvalue weighted by Crippen LogP contribution is -2.34. The Morgan fingerprint density at radius 1 is 1.47 bits per heavy atom. The fourth-order valence-electron chi connectivity index (χ4n) is 2.18. The minimum absolute atomic E-state index is 0.210. The molecule has 1 heterocycles. The Bertz CT molecular complexity index is 184. The average molecular weight is 212 g/mol. The summed E-state index contributed by atoms with van der Waals surface area (Å²) in [5, 5.41) is 6.47. The maximum atomic E-state index is 11.6. The van der Waals surface area contributed by atoms with E-state index in [0.29, 0.717) is 6.04 Å². The topological polar surface area (TPSA) is 41.1 Å². The maximum absolute atomic E-state index is 11.6. The van der Waals surface area contributed by atoms with Gasteiger partial charge in [0.2, 0.25) is 5.91 Å². The molecule has 1 amide bonds. The van der Waals surface area contributed by atoms with E-state index < -0.39 is 0 Å². The molecule has 0 unspecified atom stereocenters. The molecule has 0 aromatic rings. The highest BCUT2D eigenvalue weighted by Crippen LogP contribution is 2.09. The first-order chi connectivity index (χ1) is 7.27. The lowest BCUT2D eigenvalue weighted by atomic mass is 10.0. The number of hydrogen-bond acceptors (Lipinski definition) is 2. The molecule has 0 bridgehead atoms. The molecule has 3 heteroatoms. The SMILES string of the molecule is CCC(CC)C(=O)NCC[C@H]1CCCN1. The van der Waals surface area contributed by atoms with Gasteiger partial charge in [-0.1, -0.05) is 13.8 Å². The first-order valence-electron chi connectivity index (χ1n) is 6.29. The molecule has 1 saturated heterocycles. The van der Waals surface area contributed by atoms with E-state index in [1.807, 2.05) is 0 Å². The molecular formula is C12H24N2O. The summed E-state index contributed by atoms with van der Waals surface area (Å²) in [6, 6.07) is 0.631. The van der Waals surface area contributed by atoms with Gasteiger partial charge < -0.3 is 10.6 Å². The summed E-state index contributed by atoms with van der Waals surface area (Å²) >= 11 is 0. The van der Waals surface area contributed by atoms with Gasteiger partial charge in [-0.2, -0.15) is 0 Å². The van der Waals surface area contributed by atoms with Crippen LogP contribution in [0.15, 0.2) is 0 Å². The van der Waals surface area contributed by atoms with Crippen LogP contribution in [0.5, 0.6) is 0 Å². The number of amides is 1. The summed E-state index contributed by atoms with van der Waals surface area (Å²) in [4.78, 5) is 11.6. The van der Waals surface area contributed by atoms with Gasteiger partial charge in [-0.15, -0.1) is 0 Å². The number of nitrogens with one attached hydrogen (secondary N) is 2. The highest BCUT2D eigenvalue weighted by molar-refractivity contribution is 5.78. The van der Waals surface area contributed by atoms with Crippen LogP contribution in [-0.2, 0) is 4.79 Å². The van der Waals surface area contributed by atoms with Crippen molar-refractivity contribution in [2.45, 2.75) is 52.0 Å². The van der Waals surface area contributed by atoms with Crippen LogP contribution in [0, 0.1) is 5.92 Å². The predicted molar refractivity (Wildman–Crippen MR) is 62.7 cm³/mol. The summed E-state index contributed by atoms with van der Waals surface area (Å²) in [6.07, 6.45) is 5.52. The van der Waals surface area contributed by atoms with Gasteiger partial charge in [0.15, 0.2) is 0 Å². The first-order valence-corrected chi connectivity index (χ1v) is 6.29. The van der Waals surface area contributed by atoms with Crippen molar-refractivity contribution in [1.29, 1.82) is 0 Å². The summed E-state index contributed by atoms with van der Waals surface area (Å²) in [7, 11) is 0. The van der Waals surface area contributed by atoms with Gasteiger partial charge in [0.25, 0.3) is 0 Å². The second-order valence-electron chi connectivity index (χ2n) is 4.39. The second-order valence-corrected chi connectivity index (χ2v) is 4.39. The summed E-state index contributed by atoms with van der Waals surface area (Å²) in [5.74, 6) is 0.444. The third-order valence-electron chi connectivity index (χ3n) is 3.31. The Kier molecular flexibility index (Phi) is 5.69. The molecule has 3 nitrogen and oxygen atoms in total. The first kappa shape index (κ1) is 12.5. The molecule has 0 saturated carbocycles. The van der Waals surface area contributed by atoms with Gasteiger partial charge in [-0.25, -0.2) is 0 Å². The van der Waals surface area contributed by atoms with Crippen LogP contribution in [0.2, 0.25) is 0 Å². The standard InChI is InChI=1S/C12H24N2O/c1-3-10(4-2)12(15)14-9-7-11-6-5-8-13-11/h10-11,13H,3-9H2,1-2H3,(H,14,15)/t11-/m1/s1. The number of carbonyl (C=O) groups excluding carboxylic acids is 1. The lowest BCUT2D eigenvalue weighted by Gasteiger charge is -2.14. The Morgan fingerprint density at radius 2 is 2.20 bits per heavy atom. The molecule has 1 rings (SSSR count). The van der Waals surface area contributed by atoms with Crippen molar-refractivity contribution >= 4 is 5.91 Å². The number of rotatable bonds is 6. The average Bonchev–Trinajstić information content (AvgIpc) is 2.72. The van der Waals surface area contributed by atoms with Gasteiger partial charge in [-0.3, -0.25) is 4.79 Å². The molecule has 0 aromatic carbocycles. The van der Waals surface area contributed by atoms with E-state index >= 15 is 0 Å². The molecule has 0 aromatic heterocycles. The fourth-order valence-corrected chi connectivity index (χ4v) is 2.18. The van der Waals surface area contributed by atoms with E-state index in [0.717, 1.165) is 32.4 Å². The predicted octanol–water partition coefficient (Wildman–Crippen LogP) is 1.68. The Labute approximate surface area is 93.0 Å². The molecule has 0 radical (unpaired) electrons. The molecule has 1 atom stereocenters. The van der Waals surface area contributed by atoms with Crippen LogP contribution in [0.25, 0.3) is 0 Å². The monoisotopic (exact) mass is 212 g/mol.